The van der Waals surface area contributed by atoms with Crippen LogP contribution in [0.25, 0.3) is 16.9 Å². The van der Waals surface area contributed by atoms with Crippen molar-refractivity contribution >= 4 is 56.1 Å². The highest BCUT2D eigenvalue weighted by Crippen LogP contribution is 2.22. The minimum Gasteiger partial charge on any atom is -0.412 e. The third kappa shape index (κ3) is 9.14. The zero-order chi connectivity index (χ0) is 28.9. The maximum absolute atomic E-state index is 13.5. The molecule has 0 saturated heterocycles. The summed E-state index contributed by atoms with van der Waals surface area (Å²) in [7, 11) is -3.67. The van der Waals surface area contributed by atoms with Gasteiger partial charge in [-0.1, -0.05) is 35.3 Å². The molecule has 3 aromatic heterocycles. The van der Waals surface area contributed by atoms with Gasteiger partial charge in [0.15, 0.2) is 5.65 Å². The van der Waals surface area contributed by atoms with E-state index in [0.717, 1.165) is 5.56 Å². The van der Waals surface area contributed by atoms with Gasteiger partial charge in [0.05, 0.1) is 11.9 Å². The van der Waals surface area contributed by atoms with Crippen LogP contribution in [-0.4, -0.2) is 55.6 Å². The van der Waals surface area contributed by atoms with Crippen molar-refractivity contribution in [2.24, 2.45) is 0 Å². The molecule has 0 aliphatic rings. The van der Waals surface area contributed by atoms with E-state index in [4.69, 9.17) is 27.8 Å². The molecule has 0 aliphatic carbocycles. The van der Waals surface area contributed by atoms with E-state index in [1.807, 2.05) is 12.1 Å². The van der Waals surface area contributed by atoms with Crippen LogP contribution in [0, 0.1) is 0 Å². The normalized spacial score (nSPS) is 10.5. The highest BCUT2D eigenvalue weighted by molar-refractivity contribution is 7.85. The lowest BCUT2D eigenvalue weighted by Crippen LogP contribution is -2.25. The fourth-order valence-corrected chi connectivity index (χ4v) is 4.25. The molecule has 0 saturated carbocycles. The van der Waals surface area contributed by atoms with Gasteiger partial charge < -0.3 is 16.3 Å². The predicted molar refractivity (Wildman–Crippen MR) is 161 cm³/mol. The molecule has 0 unspecified atom stereocenters. The first-order chi connectivity index (χ1) is 19.0. The van der Waals surface area contributed by atoms with Crippen LogP contribution >= 0.6 is 23.2 Å². The number of anilines is 1. The fourth-order valence-electron chi connectivity index (χ4n) is 3.73. The molecule has 5 rings (SSSR count). The Morgan fingerprint density at radius 3 is 2.29 bits per heavy atom. The minimum atomic E-state index is -3.67. The minimum absolute atomic E-state index is 0. The molecule has 220 valence electrons. The Bertz CT molecular complexity index is 1840. The number of rotatable bonds is 5. The molecule has 12 nitrogen and oxygen atoms in total. The van der Waals surface area contributed by atoms with Gasteiger partial charge in [-0.25, -0.2) is 9.97 Å². The second-order valence-corrected chi connectivity index (χ2v) is 10.8. The molecule has 0 fully saturated rings. The van der Waals surface area contributed by atoms with E-state index in [0.29, 0.717) is 56.5 Å². The standard InChI is InChI=1S/C26H17Cl2N5O2.CH4O3S.2H2O/c27-18-11-17(12-19(28)13-18)25(34)31-20-5-1-6-21(14-20)33-24-22(7-3-9-30-24)32-23(26(33)35)10-16-4-2-8-29-15-16;1-5(2,3)4;;/h1-9,11-15H,10H2,(H,31,34);1H3,(H,2,3,4);2*1H2. The molecular formula is C27H25Cl2N5O7S. The monoisotopic (exact) mass is 633 g/mol. The van der Waals surface area contributed by atoms with E-state index in [1.54, 1.807) is 61.1 Å². The zero-order valence-corrected chi connectivity index (χ0v) is 24.2. The van der Waals surface area contributed by atoms with Crippen LogP contribution in [0.1, 0.15) is 21.6 Å². The molecule has 2 aromatic carbocycles. The van der Waals surface area contributed by atoms with Crippen molar-refractivity contribution in [2.75, 3.05) is 11.6 Å². The number of nitrogens with zero attached hydrogens (tertiary/aromatic N) is 4. The number of amides is 1. The SMILES string of the molecule is CS(=O)(=O)O.O.O.O=C(Nc1cccc(-n2c(=O)c(Cc3cccnc3)nc3cccnc32)c1)c1cc(Cl)cc(Cl)c1. The van der Waals surface area contributed by atoms with Gasteiger partial charge in [-0.2, -0.15) is 8.42 Å². The molecule has 15 heteroatoms. The van der Waals surface area contributed by atoms with Crippen molar-refractivity contribution in [1.29, 1.82) is 0 Å². The van der Waals surface area contributed by atoms with E-state index in [1.165, 1.54) is 16.7 Å². The number of aromatic nitrogens is 4. The largest absolute Gasteiger partial charge is 0.412 e. The molecule has 0 bridgehead atoms. The van der Waals surface area contributed by atoms with Gasteiger partial charge in [-0.05, 0) is 60.2 Å². The summed E-state index contributed by atoms with van der Waals surface area (Å²) in [5.74, 6) is -0.381. The second-order valence-electron chi connectivity index (χ2n) is 8.48. The molecular weight excluding hydrogens is 609 g/mol. The molecule has 1 amide bonds. The molecule has 5 aromatic rings. The van der Waals surface area contributed by atoms with Crippen molar-refractivity contribution in [1.82, 2.24) is 19.5 Å². The Morgan fingerprint density at radius 1 is 0.976 bits per heavy atom. The lowest BCUT2D eigenvalue weighted by atomic mass is 10.1. The number of pyridine rings is 2. The molecule has 42 heavy (non-hydrogen) atoms. The summed E-state index contributed by atoms with van der Waals surface area (Å²) in [6.45, 7) is 0. The Hall–Kier alpha value is -4.24. The van der Waals surface area contributed by atoms with E-state index in [2.05, 4.69) is 20.3 Å². The Balaban J connectivity index is 0.000000814. The van der Waals surface area contributed by atoms with Crippen LogP contribution in [0.4, 0.5) is 5.69 Å². The molecule has 0 aliphatic heterocycles. The second kappa shape index (κ2) is 14.6. The summed E-state index contributed by atoms with van der Waals surface area (Å²) < 4.78 is 27.4. The van der Waals surface area contributed by atoms with Crippen molar-refractivity contribution in [3.8, 4) is 5.69 Å². The number of carbonyl (C=O) groups excluding carboxylic acids is 1. The van der Waals surface area contributed by atoms with Crippen molar-refractivity contribution < 1.29 is 28.7 Å². The van der Waals surface area contributed by atoms with Crippen molar-refractivity contribution in [2.45, 2.75) is 6.42 Å². The average molecular weight is 634 g/mol. The summed E-state index contributed by atoms with van der Waals surface area (Å²) in [5, 5.41) is 3.55. The summed E-state index contributed by atoms with van der Waals surface area (Å²) in [6, 6.07) is 18.8. The van der Waals surface area contributed by atoms with Crippen LogP contribution < -0.4 is 10.9 Å². The van der Waals surface area contributed by atoms with Gasteiger partial charge in [0.2, 0.25) is 0 Å². The van der Waals surface area contributed by atoms with Crippen LogP contribution in [0.5, 0.6) is 0 Å². The van der Waals surface area contributed by atoms with Crippen molar-refractivity contribution in [3.05, 3.63) is 123 Å². The van der Waals surface area contributed by atoms with Crippen LogP contribution in [0.3, 0.4) is 0 Å². The molecule has 0 spiro atoms. The number of nitrogens with one attached hydrogen (secondary N) is 1. The topological polar surface area (TPSA) is 207 Å². The van der Waals surface area contributed by atoms with Gasteiger partial charge in [0, 0.05) is 46.3 Å². The predicted octanol–water partition coefficient (Wildman–Crippen LogP) is 3.18. The lowest BCUT2D eigenvalue weighted by Gasteiger charge is -2.13. The first-order valence-corrected chi connectivity index (χ1v) is 14.1. The number of fused-ring (bicyclic) bond motifs is 1. The first-order valence-electron chi connectivity index (χ1n) is 11.5. The highest BCUT2D eigenvalue weighted by Gasteiger charge is 2.15. The number of hydrogen-bond acceptors (Lipinski definition) is 7. The van der Waals surface area contributed by atoms with Gasteiger partial charge in [0.25, 0.3) is 21.6 Å². The number of hydrogen-bond donors (Lipinski definition) is 2. The van der Waals surface area contributed by atoms with E-state index in [9.17, 15) is 18.0 Å². The molecule has 3 heterocycles. The van der Waals surface area contributed by atoms with Crippen molar-refractivity contribution in [3.63, 3.8) is 0 Å². The zero-order valence-electron chi connectivity index (χ0n) is 21.8. The number of carbonyl (C=O) groups is 1. The smallest absolute Gasteiger partial charge is 0.278 e. The molecule has 0 atom stereocenters. The third-order valence-electron chi connectivity index (χ3n) is 5.26. The average Bonchev–Trinajstić information content (AvgIpc) is 2.88. The quantitative estimate of drug-likeness (QED) is 0.274. The fraction of sp³-hybridized carbons (Fsp3) is 0.0741. The number of benzene rings is 2. The first kappa shape index (κ1) is 34.0. The summed E-state index contributed by atoms with van der Waals surface area (Å²) in [4.78, 5) is 39.4. The van der Waals surface area contributed by atoms with E-state index in [-0.39, 0.29) is 22.4 Å². The lowest BCUT2D eigenvalue weighted by molar-refractivity contribution is 0.102. The van der Waals surface area contributed by atoms with Crippen LogP contribution in [-0.2, 0) is 16.5 Å². The summed E-state index contributed by atoms with van der Waals surface area (Å²) in [6.07, 6.45) is 6.03. The van der Waals surface area contributed by atoms with Gasteiger partial charge in [-0.3, -0.25) is 23.7 Å². The summed E-state index contributed by atoms with van der Waals surface area (Å²) >= 11 is 12.1. The third-order valence-corrected chi connectivity index (χ3v) is 5.70. The highest BCUT2D eigenvalue weighted by atomic mass is 35.5. The maximum Gasteiger partial charge on any atom is 0.278 e. The van der Waals surface area contributed by atoms with Gasteiger partial charge in [0.1, 0.15) is 11.2 Å². The Labute approximate surface area is 250 Å². The molecule has 0 radical (unpaired) electrons. The number of halogens is 2. The van der Waals surface area contributed by atoms with Crippen LogP contribution in [0.15, 0.2) is 90.1 Å². The Morgan fingerprint density at radius 2 is 1.64 bits per heavy atom. The van der Waals surface area contributed by atoms with E-state index >= 15 is 0 Å². The maximum atomic E-state index is 13.5. The Kier molecular flexibility index (Phi) is 11.8. The van der Waals surface area contributed by atoms with Gasteiger partial charge >= 0.3 is 0 Å². The summed E-state index contributed by atoms with van der Waals surface area (Å²) in [5.41, 5.74) is 3.27. The van der Waals surface area contributed by atoms with Crippen LogP contribution in [0.2, 0.25) is 10.0 Å². The molecule has 6 N–H and O–H groups in total. The van der Waals surface area contributed by atoms with E-state index < -0.39 is 10.1 Å². The van der Waals surface area contributed by atoms with Gasteiger partial charge in [-0.15, -0.1) is 0 Å².